The number of carbonyl (C=O) groups is 1. The summed E-state index contributed by atoms with van der Waals surface area (Å²) in [5.41, 5.74) is 0.433. The average Bonchev–Trinajstić information content (AvgIpc) is 2.36. The molecule has 1 aliphatic heterocycles. The standard InChI is InChI=1S/C15H21NO4S/c1-15(2)9-4-10-16(13(15)14(17)18)11-5-7-12(8-6-11)21(3,19)20/h5-8,13H,4,9-10H2,1-3H3,(H,17,18). The number of sulfone groups is 1. The Morgan fingerprint density at radius 2 is 1.86 bits per heavy atom. The first-order valence-corrected chi connectivity index (χ1v) is 8.82. The number of nitrogens with zero attached hydrogens (tertiary/aromatic N) is 1. The lowest BCUT2D eigenvalue weighted by molar-refractivity contribution is -0.142. The van der Waals surface area contributed by atoms with Crippen molar-refractivity contribution in [1.82, 2.24) is 0 Å². The van der Waals surface area contributed by atoms with Crippen molar-refractivity contribution >= 4 is 21.5 Å². The number of hydrogen-bond acceptors (Lipinski definition) is 4. The number of carboxylic acids is 1. The molecular weight excluding hydrogens is 290 g/mol. The average molecular weight is 311 g/mol. The second-order valence-corrected chi connectivity index (χ2v) is 8.31. The van der Waals surface area contributed by atoms with E-state index in [9.17, 15) is 18.3 Å². The van der Waals surface area contributed by atoms with E-state index in [1.807, 2.05) is 18.7 Å². The van der Waals surface area contributed by atoms with Crippen molar-refractivity contribution in [1.29, 1.82) is 0 Å². The second kappa shape index (κ2) is 5.33. The molecule has 0 bridgehead atoms. The predicted octanol–water partition coefficient (Wildman–Crippen LogP) is 2.17. The molecule has 0 radical (unpaired) electrons. The molecule has 0 saturated carbocycles. The minimum atomic E-state index is -3.24. The highest BCUT2D eigenvalue weighted by atomic mass is 32.2. The largest absolute Gasteiger partial charge is 0.480 e. The highest BCUT2D eigenvalue weighted by Crippen LogP contribution is 2.38. The Morgan fingerprint density at radius 1 is 1.29 bits per heavy atom. The van der Waals surface area contributed by atoms with E-state index in [4.69, 9.17) is 0 Å². The molecule has 1 atom stereocenters. The SMILES string of the molecule is CC1(C)CCCN(c2ccc(S(C)(=O)=O)cc2)C1C(=O)O. The smallest absolute Gasteiger partial charge is 0.326 e. The van der Waals surface area contributed by atoms with Crippen molar-refractivity contribution in [3.63, 3.8) is 0 Å². The normalized spacial score (nSPS) is 22.0. The van der Waals surface area contributed by atoms with E-state index in [1.54, 1.807) is 12.1 Å². The molecule has 5 nitrogen and oxygen atoms in total. The maximum atomic E-state index is 11.6. The lowest BCUT2D eigenvalue weighted by atomic mass is 9.76. The summed E-state index contributed by atoms with van der Waals surface area (Å²) in [6, 6.07) is 5.84. The number of piperidine rings is 1. The fourth-order valence-corrected chi connectivity index (χ4v) is 3.65. The van der Waals surface area contributed by atoms with E-state index < -0.39 is 21.8 Å². The fraction of sp³-hybridized carbons (Fsp3) is 0.533. The molecular formula is C15H21NO4S. The second-order valence-electron chi connectivity index (χ2n) is 6.29. The van der Waals surface area contributed by atoms with Crippen LogP contribution in [0.15, 0.2) is 29.2 Å². The van der Waals surface area contributed by atoms with Gasteiger partial charge in [0.05, 0.1) is 4.90 Å². The topological polar surface area (TPSA) is 74.7 Å². The molecule has 0 spiro atoms. The van der Waals surface area contributed by atoms with Crippen LogP contribution in [0.1, 0.15) is 26.7 Å². The molecule has 1 unspecified atom stereocenters. The van der Waals surface area contributed by atoms with Gasteiger partial charge < -0.3 is 10.0 Å². The van der Waals surface area contributed by atoms with E-state index in [1.165, 1.54) is 12.1 Å². The van der Waals surface area contributed by atoms with Gasteiger partial charge in [-0.3, -0.25) is 0 Å². The zero-order valence-electron chi connectivity index (χ0n) is 12.5. The Balaban J connectivity index is 2.37. The first-order valence-electron chi connectivity index (χ1n) is 6.92. The van der Waals surface area contributed by atoms with Crippen LogP contribution >= 0.6 is 0 Å². The van der Waals surface area contributed by atoms with Crippen LogP contribution in [0.2, 0.25) is 0 Å². The van der Waals surface area contributed by atoms with Crippen LogP contribution in [0, 0.1) is 5.41 Å². The minimum absolute atomic E-state index is 0.245. The highest BCUT2D eigenvalue weighted by molar-refractivity contribution is 7.90. The van der Waals surface area contributed by atoms with E-state index >= 15 is 0 Å². The lowest BCUT2D eigenvalue weighted by Crippen LogP contribution is -2.54. The van der Waals surface area contributed by atoms with Crippen molar-refractivity contribution in [2.75, 3.05) is 17.7 Å². The molecule has 0 aliphatic carbocycles. The van der Waals surface area contributed by atoms with Crippen LogP contribution < -0.4 is 4.90 Å². The van der Waals surface area contributed by atoms with Crippen molar-refractivity contribution in [3.05, 3.63) is 24.3 Å². The molecule has 1 fully saturated rings. The maximum absolute atomic E-state index is 11.6. The van der Waals surface area contributed by atoms with E-state index in [-0.39, 0.29) is 10.3 Å². The molecule has 0 amide bonds. The summed E-state index contributed by atoms with van der Waals surface area (Å²) in [4.78, 5) is 13.7. The van der Waals surface area contributed by atoms with Gasteiger partial charge in [-0.2, -0.15) is 0 Å². The molecule has 1 N–H and O–H groups in total. The van der Waals surface area contributed by atoms with Crippen molar-refractivity contribution < 1.29 is 18.3 Å². The van der Waals surface area contributed by atoms with Gasteiger partial charge in [-0.1, -0.05) is 13.8 Å². The van der Waals surface area contributed by atoms with Gasteiger partial charge in [-0.05, 0) is 42.5 Å². The summed E-state index contributed by atoms with van der Waals surface area (Å²) in [5, 5.41) is 9.55. The quantitative estimate of drug-likeness (QED) is 0.926. The summed E-state index contributed by atoms with van der Waals surface area (Å²) in [5.74, 6) is -0.841. The van der Waals surface area contributed by atoms with Crippen LogP contribution in [0.25, 0.3) is 0 Å². The molecule has 1 aromatic rings. The van der Waals surface area contributed by atoms with E-state index in [0.717, 1.165) is 24.8 Å². The van der Waals surface area contributed by atoms with Crippen molar-refractivity contribution in [2.45, 2.75) is 37.6 Å². The van der Waals surface area contributed by atoms with Crippen LogP contribution in [0.4, 0.5) is 5.69 Å². The third-order valence-corrected chi connectivity index (χ3v) is 5.23. The van der Waals surface area contributed by atoms with Crippen LogP contribution in [0.3, 0.4) is 0 Å². The van der Waals surface area contributed by atoms with Gasteiger partial charge in [0.2, 0.25) is 0 Å². The number of aliphatic carboxylic acids is 1. The highest BCUT2D eigenvalue weighted by Gasteiger charge is 2.42. The third-order valence-electron chi connectivity index (χ3n) is 4.10. The number of hydrogen-bond donors (Lipinski definition) is 1. The number of benzene rings is 1. The summed E-state index contributed by atoms with van der Waals surface area (Å²) in [6.07, 6.45) is 2.94. The van der Waals surface area contributed by atoms with Gasteiger partial charge in [-0.25, -0.2) is 13.2 Å². The van der Waals surface area contributed by atoms with Gasteiger partial charge in [0.15, 0.2) is 9.84 Å². The Morgan fingerprint density at radius 3 is 2.33 bits per heavy atom. The summed E-state index contributed by atoms with van der Waals surface area (Å²) in [7, 11) is -3.24. The predicted molar refractivity (Wildman–Crippen MR) is 81.3 cm³/mol. The number of anilines is 1. The van der Waals surface area contributed by atoms with Gasteiger partial charge in [0.25, 0.3) is 0 Å². The number of rotatable bonds is 3. The molecule has 1 heterocycles. The van der Waals surface area contributed by atoms with Crippen LogP contribution in [0.5, 0.6) is 0 Å². The first kappa shape index (κ1) is 15.8. The molecule has 1 aliphatic rings. The van der Waals surface area contributed by atoms with Crippen LogP contribution in [-0.2, 0) is 14.6 Å². The lowest BCUT2D eigenvalue weighted by Gasteiger charge is -2.45. The van der Waals surface area contributed by atoms with Gasteiger partial charge in [0, 0.05) is 18.5 Å². The molecule has 2 rings (SSSR count). The maximum Gasteiger partial charge on any atom is 0.326 e. The molecule has 0 aromatic heterocycles. The van der Waals surface area contributed by atoms with Crippen LogP contribution in [-0.4, -0.2) is 38.3 Å². The molecule has 6 heteroatoms. The Kier molecular flexibility index (Phi) is 4.02. The summed E-state index contributed by atoms with van der Waals surface area (Å²) >= 11 is 0. The van der Waals surface area contributed by atoms with Gasteiger partial charge >= 0.3 is 5.97 Å². The van der Waals surface area contributed by atoms with Gasteiger partial charge in [-0.15, -0.1) is 0 Å². The van der Waals surface area contributed by atoms with Crippen molar-refractivity contribution in [2.24, 2.45) is 5.41 Å². The Labute approximate surface area is 125 Å². The molecule has 116 valence electrons. The number of carboxylic acid groups (broad SMARTS) is 1. The summed E-state index contributed by atoms with van der Waals surface area (Å²) < 4.78 is 23.0. The monoisotopic (exact) mass is 311 g/mol. The van der Waals surface area contributed by atoms with Gasteiger partial charge in [0.1, 0.15) is 6.04 Å². The van der Waals surface area contributed by atoms with Crippen molar-refractivity contribution in [3.8, 4) is 0 Å². The van der Waals surface area contributed by atoms with E-state index in [0.29, 0.717) is 6.54 Å². The zero-order chi connectivity index (χ0) is 15.8. The minimum Gasteiger partial charge on any atom is -0.480 e. The molecule has 1 aromatic carbocycles. The molecule has 1 saturated heterocycles. The fourth-order valence-electron chi connectivity index (χ4n) is 3.02. The first-order chi connectivity index (χ1) is 9.63. The zero-order valence-corrected chi connectivity index (χ0v) is 13.4. The Bertz CT molecular complexity index is 634. The molecule has 21 heavy (non-hydrogen) atoms. The Hall–Kier alpha value is -1.56. The van der Waals surface area contributed by atoms with E-state index in [2.05, 4.69) is 0 Å². The third kappa shape index (κ3) is 3.20. The summed E-state index contributed by atoms with van der Waals surface area (Å²) in [6.45, 7) is 4.59.